The van der Waals surface area contributed by atoms with Gasteiger partial charge in [-0.1, -0.05) is 29.8 Å². The van der Waals surface area contributed by atoms with E-state index in [2.05, 4.69) is 5.32 Å². The molecule has 122 valence electrons. The van der Waals surface area contributed by atoms with Crippen LogP contribution in [0.4, 0.5) is 11.4 Å². The number of nitrogens with one attached hydrogen (secondary N) is 2. The molecule has 0 fully saturated rings. The maximum atomic E-state index is 11.3. The molecule has 0 atom stereocenters. The van der Waals surface area contributed by atoms with Crippen molar-refractivity contribution in [1.82, 2.24) is 0 Å². The van der Waals surface area contributed by atoms with Crippen molar-refractivity contribution >= 4 is 45.7 Å². The molecule has 2 aromatic carbocycles. The second kappa shape index (κ2) is 6.35. The highest BCUT2D eigenvalue weighted by Gasteiger charge is 2.18. The van der Waals surface area contributed by atoms with E-state index in [-0.39, 0.29) is 17.5 Å². The molecule has 0 spiro atoms. The number of amidine groups is 1. The second-order valence-electron chi connectivity index (χ2n) is 5.16. The summed E-state index contributed by atoms with van der Waals surface area (Å²) in [6, 6.07) is 13.4. The summed E-state index contributed by atoms with van der Waals surface area (Å²) < 4.78 is 5.66. The third-order valence-electron chi connectivity index (χ3n) is 3.35. The van der Waals surface area contributed by atoms with E-state index in [1.165, 1.54) is 13.0 Å². The fraction of sp³-hybridized carbons (Fsp3) is 0.0588. The van der Waals surface area contributed by atoms with Crippen LogP contribution < -0.4 is 10.4 Å². The van der Waals surface area contributed by atoms with Crippen LogP contribution in [-0.4, -0.2) is 17.0 Å². The second-order valence-corrected chi connectivity index (χ2v) is 5.59. The Balaban J connectivity index is 1.97. The zero-order chi connectivity index (χ0) is 17.3. The van der Waals surface area contributed by atoms with Crippen LogP contribution in [0.5, 0.6) is 0 Å². The van der Waals surface area contributed by atoms with E-state index in [0.29, 0.717) is 32.4 Å². The molecule has 7 heteroatoms. The number of benzene rings is 2. The number of nitrogens with zero attached hydrogens (tertiary/aromatic N) is 1. The topological polar surface area (TPSA) is 89.6 Å². The van der Waals surface area contributed by atoms with Crippen LogP contribution >= 0.6 is 11.6 Å². The Hall–Kier alpha value is -2.83. The van der Waals surface area contributed by atoms with Gasteiger partial charge in [-0.15, -0.1) is 0 Å². The van der Waals surface area contributed by atoms with Crippen LogP contribution in [0.25, 0.3) is 11.0 Å². The molecule has 0 radical (unpaired) electrons. The third-order valence-corrected chi connectivity index (χ3v) is 3.59. The number of furan rings is 1. The smallest absolute Gasteiger partial charge is 0.221 e. The predicted molar refractivity (Wildman–Crippen MR) is 93.1 cm³/mol. The standard InChI is InChI=1S/C17H14ClN3O3/c1-10(22)20-14-7-2-4-11-8-15(24-16(11)14)17(19)21(23)13-6-3-5-12(18)9-13/h2-9,19,23H,1H3,(H,20,22). The molecular formula is C17H14ClN3O3. The number of carbonyl (C=O) groups excluding carboxylic acids is 1. The zero-order valence-corrected chi connectivity index (χ0v) is 13.5. The molecular weight excluding hydrogens is 330 g/mol. The maximum Gasteiger partial charge on any atom is 0.221 e. The van der Waals surface area contributed by atoms with Gasteiger partial charge < -0.3 is 9.73 Å². The molecule has 3 rings (SSSR count). The lowest BCUT2D eigenvalue weighted by Gasteiger charge is -2.16. The molecule has 3 aromatic rings. The first-order valence-corrected chi connectivity index (χ1v) is 7.47. The Morgan fingerprint density at radius 1 is 1.25 bits per heavy atom. The first kappa shape index (κ1) is 16.0. The highest BCUT2D eigenvalue weighted by molar-refractivity contribution is 6.31. The van der Waals surface area contributed by atoms with Gasteiger partial charge >= 0.3 is 0 Å². The third kappa shape index (κ3) is 3.10. The number of hydroxylamine groups is 1. The van der Waals surface area contributed by atoms with Crippen molar-refractivity contribution in [3.8, 4) is 0 Å². The van der Waals surface area contributed by atoms with Gasteiger partial charge in [0.2, 0.25) is 5.91 Å². The quantitative estimate of drug-likeness (QED) is 0.376. The monoisotopic (exact) mass is 343 g/mol. The minimum atomic E-state index is -0.248. The molecule has 0 aliphatic heterocycles. The van der Waals surface area contributed by atoms with Crippen LogP contribution in [0.3, 0.4) is 0 Å². The van der Waals surface area contributed by atoms with E-state index in [1.807, 2.05) is 0 Å². The molecule has 0 saturated heterocycles. The summed E-state index contributed by atoms with van der Waals surface area (Å²) in [7, 11) is 0. The highest BCUT2D eigenvalue weighted by Crippen LogP contribution is 2.28. The van der Waals surface area contributed by atoms with Gasteiger partial charge in [-0.3, -0.25) is 15.4 Å². The van der Waals surface area contributed by atoms with Crippen LogP contribution in [0.1, 0.15) is 12.7 Å². The molecule has 1 heterocycles. The Morgan fingerprint density at radius 2 is 2.00 bits per heavy atom. The lowest BCUT2D eigenvalue weighted by Crippen LogP contribution is -2.26. The molecule has 0 aliphatic rings. The Labute approximate surface area is 142 Å². The average molecular weight is 344 g/mol. The molecule has 3 N–H and O–H groups in total. The van der Waals surface area contributed by atoms with Crippen LogP contribution in [0.15, 0.2) is 52.9 Å². The van der Waals surface area contributed by atoms with Crippen molar-refractivity contribution < 1.29 is 14.4 Å². The minimum Gasteiger partial charge on any atom is -0.451 e. The molecule has 0 saturated carbocycles. The number of amides is 1. The number of hydrogen-bond acceptors (Lipinski definition) is 4. The molecule has 24 heavy (non-hydrogen) atoms. The van der Waals surface area contributed by atoms with Crippen molar-refractivity contribution in [2.45, 2.75) is 6.92 Å². The zero-order valence-electron chi connectivity index (χ0n) is 12.7. The van der Waals surface area contributed by atoms with Crippen LogP contribution in [0.2, 0.25) is 5.02 Å². The van der Waals surface area contributed by atoms with Crippen LogP contribution in [0, 0.1) is 5.41 Å². The molecule has 0 unspecified atom stereocenters. The summed E-state index contributed by atoms with van der Waals surface area (Å²) in [6.45, 7) is 1.40. The molecule has 1 amide bonds. The number of carbonyl (C=O) groups is 1. The summed E-state index contributed by atoms with van der Waals surface area (Å²) in [4.78, 5) is 11.3. The summed E-state index contributed by atoms with van der Waals surface area (Å²) in [5.41, 5.74) is 1.29. The number of halogens is 1. The van der Waals surface area contributed by atoms with Gasteiger partial charge in [0.15, 0.2) is 17.2 Å². The summed E-state index contributed by atoms with van der Waals surface area (Å²) in [6.07, 6.45) is 0. The number of fused-ring (bicyclic) bond motifs is 1. The summed E-state index contributed by atoms with van der Waals surface area (Å²) in [5.74, 6) is -0.314. The fourth-order valence-electron chi connectivity index (χ4n) is 2.31. The first-order chi connectivity index (χ1) is 11.5. The number of anilines is 2. The number of rotatable bonds is 3. The van der Waals surface area contributed by atoms with Crippen molar-refractivity contribution in [2.75, 3.05) is 10.4 Å². The van der Waals surface area contributed by atoms with Gasteiger partial charge in [-0.2, -0.15) is 0 Å². The van der Waals surface area contributed by atoms with Crippen molar-refractivity contribution in [3.63, 3.8) is 0 Å². The first-order valence-electron chi connectivity index (χ1n) is 7.09. The highest BCUT2D eigenvalue weighted by atomic mass is 35.5. The summed E-state index contributed by atoms with van der Waals surface area (Å²) >= 11 is 5.90. The van der Waals surface area contributed by atoms with Gasteiger partial charge in [0, 0.05) is 17.3 Å². The number of para-hydroxylation sites is 1. The van der Waals surface area contributed by atoms with Crippen LogP contribution in [-0.2, 0) is 4.79 Å². The maximum absolute atomic E-state index is 11.3. The lowest BCUT2D eigenvalue weighted by molar-refractivity contribution is -0.114. The van der Waals surface area contributed by atoms with Gasteiger partial charge in [-0.25, -0.2) is 5.06 Å². The average Bonchev–Trinajstić information content (AvgIpc) is 2.98. The fourth-order valence-corrected chi connectivity index (χ4v) is 2.49. The van der Waals surface area contributed by atoms with Gasteiger partial charge in [0.1, 0.15) is 0 Å². The van der Waals surface area contributed by atoms with E-state index in [4.69, 9.17) is 21.4 Å². The minimum absolute atomic E-state index is 0.158. The Morgan fingerprint density at radius 3 is 2.71 bits per heavy atom. The summed E-state index contributed by atoms with van der Waals surface area (Å²) in [5, 5.41) is 22.9. The molecule has 1 aromatic heterocycles. The number of hydrogen-bond donors (Lipinski definition) is 3. The molecule has 6 nitrogen and oxygen atoms in total. The van der Waals surface area contributed by atoms with Crippen molar-refractivity contribution in [1.29, 1.82) is 5.41 Å². The lowest BCUT2D eigenvalue weighted by atomic mass is 10.2. The normalized spacial score (nSPS) is 10.6. The van der Waals surface area contributed by atoms with Gasteiger partial charge in [-0.05, 0) is 30.3 Å². The van der Waals surface area contributed by atoms with Gasteiger partial charge in [0.25, 0.3) is 0 Å². The van der Waals surface area contributed by atoms with E-state index in [1.54, 1.807) is 42.5 Å². The SMILES string of the molecule is CC(=O)Nc1cccc2cc(C(=N)N(O)c3cccc(Cl)c3)oc12. The largest absolute Gasteiger partial charge is 0.451 e. The van der Waals surface area contributed by atoms with E-state index < -0.39 is 0 Å². The van der Waals surface area contributed by atoms with Gasteiger partial charge in [0.05, 0.1) is 11.4 Å². The van der Waals surface area contributed by atoms with E-state index >= 15 is 0 Å². The van der Waals surface area contributed by atoms with Crippen molar-refractivity contribution in [2.24, 2.45) is 0 Å². The molecule has 0 bridgehead atoms. The van der Waals surface area contributed by atoms with Crippen molar-refractivity contribution in [3.05, 3.63) is 59.3 Å². The Kier molecular flexibility index (Phi) is 4.24. The Bertz CT molecular complexity index is 936. The molecule has 0 aliphatic carbocycles. The predicted octanol–water partition coefficient (Wildman–Crippen LogP) is 4.27. The van der Waals surface area contributed by atoms with E-state index in [0.717, 1.165) is 0 Å². The van der Waals surface area contributed by atoms with E-state index in [9.17, 15) is 10.0 Å².